The van der Waals surface area contributed by atoms with Crippen LogP contribution in [0.25, 0.3) is 0 Å². The van der Waals surface area contributed by atoms with Gasteiger partial charge in [0.2, 0.25) is 0 Å². The first-order chi connectivity index (χ1) is 9.47. The predicted molar refractivity (Wildman–Crippen MR) is 72.8 cm³/mol. The van der Waals surface area contributed by atoms with Crippen molar-refractivity contribution in [1.82, 2.24) is 4.98 Å². The third-order valence-corrected chi connectivity index (χ3v) is 2.79. The second-order valence-corrected chi connectivity index (χ2v) is 4.40. The fourth-order valence-corrected chi connectivity index (χ4v) is 1.73. The Morgan fingerprint density at radius 3 is 2.50 bits per heavy atom. The second-order valence-electron chi connectivity index (χ2n) is 4.40. The van der Waals surface area contributed by atoms with Crippen molar-refractivity contribution in [3.05, 3.63) is 57.9 Å². The van der Waals surface area contributed by atoms with Crippen molar-refractivity contribution in [2.45, 2.75) is 20.0 Å². The Morgan fingerprint density at radius 1 is 1.30 bits per heavy atom. The van der Waals surface area contributed by atoms with Crippen molar-refractivity contribution in [3.63, 3.8) is 0 Å². The quantitative estimate of drug-likeness (QED) is 0.683. The standard InChI is InChI=1S/C14H14N2O4/c1-9-7-11(4-6-14(9)16(18)19)20-12-3-5-13(10(2)17)15-8-12/h3-8,10,17H,1-2H3/t10-/m0/s1. The molecular weight excluding hydrogens is 260 g/mol. The molecule has 0 amide bonds. The van der Waals surface area contributed by atoms with Crippen molar-refractivity contribution >= 4 is 5.69 Å². The van der Waals surface area contributed by atoms with Gasteiger partial charge in [-0.15, -0.1) is 0 Å². The number of pyridine rings is 1. The molecule has 20 heavy (non-hydrogen) atoms. The van der Waals surface area contributed by atoms with E-state index in [9.17, 15) is 15.2 Å². The highest BCUT2D eigenvalue weighted by Gasteiger charge is 2.11. The minimum Gasteiger partial charge on any atom is -0.456 e. The minimum atomic E-state index is -0.634. The molecule has 0 aliphatic rings. The first-order valence-corrected chi connectivity index (χ1v) is 6.04. The van der Waals surface area contributed by atoms with Gasteiger partial charge in [0.25, 0.3) is 5.69 Å². The maximum Gasteiger partial charge on any atom is 0.272 e. The van der Waals surface area contributed by atoms with Crippen LogP contribution in [0.3, 0.4) is 0 Å². The maximum absolute atomic E-state index is 10.7. The highest BCUT2D eigenvalue weighted by molar-refractivity contribution is 5.45. The Kier molecular flexibility index (Phi) is 3.95. The zero-order valence-corrected chi connectivity index (χ0v) is 11.1. The molecule has 0 unspecified atom stereocenters. The molecule has 2 rings (SSSR count). The molecule has 1 aromatic carbocycles. The molecule has 0 aliphatic heterocycles. The van der Waals surface area contributed by atoms with Gasteiger partial charge in [0.15, 0.2) is 0 Å². The third kappa shape index (κ3) is 3.10. The zero-order valence-electron chi connectivity index (χ0n) is 11.1. The van der Waals surface area contributed by atoms with E-state index in [1.807, 2.05) is 0 Å². The van der Waals surface area contributed by atoms with Gasteiger partial charge < -0.3 is 9.84 Å². The highest BCUT2D eigenvalue weighted by Crippen LogP contribution is 2.27. The van der Waals surface area contributed by atoms with Gasteiger partial charge in [-0.25, -0.2) is 0 Å². The van der Waals surface area contributed by atoms with Crippen molar-refractivity contribution in [2.24, 2.45) is 0 Å². The Bertz CT molecular complexity index is 624. The molecule has 0 spiro atoms. The SMILES string of the molecule is Cc1cc(Oc2ccc([C@H](C)O)nc2)ccc1[N+](=O)[O-]. The highest BCUT2D eigenvalue weighted by atomic mass is 16.6. The largest absolute Gasteiger partial charge is 0.456 e. The molecule has 104 valence electrons. The molecule has 0 radical (unpaired) electrons. The molecule has 6 nitrogen and oxygen atoms in total. The molecule has 0 fully saturated rings. The van der Waals surface area contributed by atoms with Gasteiger partial charge in [0.05, 0.1) is 22.9 Å². The number of nitro benzene ring substituents is 1. The van der Waals surface area contributed by atoms with Gasteiger partial charge in [-0.05, 0) is 38.1 Å². The molecular formula is C14H14N2O4. The van der Waals surface area contributed by atoms with Crippen molar-refractivity contribution in [1.29, 1.82) is 0 Å². The molecule has 0 saturated carbocycles. The first-order valence-electron chi connectivity index (χ1n) is 6.04. The van der Waals surface area contributed by atoms with Crippen LogP contribution in [0, 0.1) is 17.0 Å². The molecule has 2 aromatic rings. The molecule has 0 aliphatic carbocycles. The first kappa shape index (κ1) is 14.0. The number of ether oxygens (including phenoxy) is 1. The number of aliphatic hydroxyl groups is 1. The number of aryl methyl sites for hydroxylation is 1. The predicted octanol–water partition coefficient (Wildman–Crippen LogP) is 3.14. The summed E-state index contributed by atoms with van der Waals surface area (Å²) >= 11 is 0. The molecule has 1 N–H and O–H groups in total. The lowest BCUT2D eigenvalue weighted by atomic mass is 10.2. The number of aliphatic hydroxyl groups excluding tert-OH is 1. The van der Waals surface area contributed by atoms with E-state index in [1.165, 1.54) is 18.3 Å². The fourth-order valence-electron chi connectivity index (χ4n) is 1.73. The number of nitrogens with zero attached hydrogens (tertiary/aromatic N) is 2. The summed E-state index contributed by atoms with van der Waals surface area (Å²) in [5.41, 5.74) is 1.14. The summed E-state index contributed by atoms with van der Waals surface area (Å²) in [5, 5.41) is 20.1. The second kappa shape index (κ2) is 5.66. The van der Waals surface area contributed by atoms with E-state index in [-0.39, 0.29) is 5.69 Å². The van der Waals surface area contributed by atoms with Crippen LogP contribution >= 0.6 is 0 Å². The lowest BCUT2D eigenvalue weighted by molar-refractivity contribution is -0.385. The Labute approximate surface area is 115 Å². The number of benzene rings is 1. The average Bonchev–Trinajstić information content (AvgIpc) is 2.39. The number of hydrogen-bond acceptors (Lipinski definition) is 5. The van der Waals surface area contributed by atoms with Crippen molar-refractivity contribution in [2.75, 3.05) is 0 Å². The van der Waals surface area contributed by atoms with Gasteiger partial charge >= 0.3 is 0 Å². The lowest BCUT2D eigenvalue weighted by Crippen LogP contribution is -1.95. The lowest BCUT2D eigenvalue weighted by Gasteiger charge is -2.08. The van der Waals surface area contributed by atoms with E-state index in [2.05, 4.69) is 4.98 Å². The van der Waals surface area contributed by atoms with Crippen LogP contribution in [0.5, 0.6) is 11.5 Å². The Balaban J connectivity index is 2.17. The summed E-state index contributed by atoms with van der Waals surface area (Å²) in [6.07, 6.45) is 0.865. The molecule has 1 atom stereocenters. The van der Waals surface area contributed by atoms with Crippen molar-refractivity contribution < 1.29 is 14.8 Å². The van der Waals surface area contributed by atoms with Crippen LogP contribution in [-0.4, -0.2) is 15.0 Å². The number of hydrogen-bond donors (Lipinski definition) is 1. The molecule has 1 heterocycles. The van der Waals surface area contributed by atoms with Gasteiger partial charge in [0, 0.05) is 11.6 Å². The summed E-state index contributed by atoms with van der Waals surface area (Å²) in [4.78, 5) is 14.4. The average molecular weight is 274 g/mol. The van der Waals surface area contributed by atoms with Gasteiger partial charge in [-0.3, -0.25) is 15.1 Å². The summed E-state index contributed by atoms with van der Waals surface area (Å²) in [7, 11) is 0. The molecule has 1 aromatic heterocycles. The van der Waals surface area contributed by atoms with Gasteiger partial charge in [-0.2, -0.15) is 0 Å². The van der Waals surface area contributed by atoms with Crippen LogP contribution in [0.2, 0.25) is 0 Å². The summed E-state index contributed by atoms with van der Waals surface area (Å²) in [6, 6.07) is 7.89. The normalized spacial score (nSPS) is 11.9. The monoisotopic (exact) mass is 274 g/mol. The maximum atomic E-state index is 10.7. The van der Waals surface area contributed by atoms with E-state index in [0.717, 1.165) is 0 Å². The molecule has 0 bridgehead atoms. The topological polar surface area (TPSA) is 85.5 Å². The molecule has 0 saturated heterocycles. The molecule has 6 heteroatoms. The summed E-state index contributed by atoms with van der Waals surface area (Å²) < 4.78 is 5.56. The Morgan fingerprint density at radius 2 is 2.00 bits per heavy atom. The van der Waals surface area contributed by atoms with Crippen molar-refractivity contribution in [3.8, 4) is 11.5 Å². The Hall–Kier alpha value is -2.47. The van der Waals surface area contributed by atoms with Gasteiger partial charge in [-0.1, -0.05) is 0 Å². The zero-order chi connectivity index (χ0) is 14.7. The summed E-state index contributed by atoms with van der Waals surface area (Å²) in [6.45, 7) is 3.28. The van der Waals surface area contributed by atoms with E-state index in [0.29, 0.717) is 22.8 Å². The number of nitro groups is 1. The van der Waals surface area contributed by atoms with E-state index >= 15 is 0 Å². The number of aromatic nitrogens is 1. The van der Waals surface area contributed by atoms with Crippen LogP contribution in [0.15, 0.2) is 36.5 Å². The van der Waals surface area contributed by atoms with Crippen LogP contribution in [0.1, 0.15) is 24.3 Å². The fraction of sp³-hybridized carbons (Fsp3) is 0.214. The van der Waals surface area contributed by atoms with Crippen LogP contribution in [0.4, 0.5) is 5.69 Å². The van der Waals surface area contributed by atoms with E-state index < -0.39 is 11.0 Å². The number of rotatable bonds is 4. The van der Waals surface area contributed by atoms with Gasteiger partial charge in [0.1, 0.15) is 11.5 Å². The minimum absolute atomic E-state index is 0.0555. The van der Waals surface area contributed by atoms with E-state index in [1.54, 1.807) is 32.0 Å². The smallest absolute Gasteiger partial charge is 0.272 e. The van der Waals surface area contributed by atoms with E-state index in [4.69, 9.17) is 4.74 Å². The van der Waals surface area contributed by atoms with Crippen LogP contribution < -0.4 is 4.74 Å². The van der Waals surface area contributed by atoms with Crippen LogP contribution in [-0.2, 0) is 0 Å². The summed E-state index contributed by atoms with van der Waals surface area (Å²) in [5.74, 6) is 1.00. The third-order valence-electron chi connectivity index (χ3n) is 2.79.